The number of Topliss-reactive ketones (excluding diaryl/α,β-unsaturated/α-hetero) is 1. The minimum absolute atomic E-state index is 0.258. The van der Waals surface area contributed by atoms with Gasteiger partial charge in [0.15, 0.2) is 5.78 Å². The molecule has 0 amide bonds. The van der Waals surface area contributed by atoms with Crippen LogP contribution in [0.3, 0.4) is 0 Å². The van der Waals surface area contributed by atoms with Crippen molar-refractivity contribution < 1.29 is 9.21 Å². The number of nitrogens with zero attached hydrogens (tertiary/aromatic N) is 2. The van der Waals surface area contributed by atoms with E-state index in [0.717, 1.165) is 65.4 Å². The molecule has 1 aliphatic carbocycles. The molecular formula is C24H24N2O2. The average molecular weight is 372 g/mol. The van der Waals surface area contributed by atoms with E-state index in [2.05, 4.69) is 28.1 Å². The largest absolute Gasteiger partial charge is 0.459 e. The quantitative estimate of drug-likeness (QED) is 0.637. The van der Waals surface area contributed by atoms with Crippen LogP contribution < -0.4 is 0 Å². The summed E-state index contributed by atoms with van der Waals surface area (Å²) >= 11 is 0. The minimum Gasteiger partial charge on any atom is -0.459 e. The fraction of sp³-hybridized carbons (Fsp3) is 0.333. The van der Waals surface area contributed by atoms with E-state index in [1.165, 1.54) is 19.3 Å². The zero-order chi connectivity index (χ0) is 18.9. The number of benzene rings is 1. The Labute approximate surface area is 165 Å². The third kappa shape index (κ3) is 3.29. The monoisotopic (exact) mass is 372 g/mol. The van der Waals surface area contributed by atoms with E-state index < -0.39 is 0 Å². The Morgan fingerprint density at radius 2 is 1.71 bits per heavy atom. The van der Waals surface area contributed by atoms with Crippen molar-refractivity contribution in [2.75, 3.05) is 13.1 Å². The molecule has 0 N–H and O–H groups in total. The molecule has 5 rings (SSSR count). The zero-order valence-corrected chi connectivity index (χ0v) is 16.0. The maximum absolute atomic E-state index is 12.0. The predicted octanol–water partition coefficient (Wildman–Crippen LogP) is 5.12. The molecule has 4 nitrogen and oxygen atoms in total. The second-order valence-electron chi connectivity index (χ2n) is 7.82. The van der Waals surface area contributed by atoms with Crippen molar-refractivity contribution in [2.45, 2.75) is 38.6 Å². The summed E-state index contributed by atoms with van der Waals surface area (Å²) in [6.45, 7) is 3.13. The molecule has 0 spiro atoms. The molecule has 1 saturated heterocycles. The highest BCUT2D eigenvalue weighted by atomic mass is 16.3. The number of fused-ring (bicyclic) bond motifs is 1. The van der Waals surface area contributed by atoms with Crippen LogP contribution in [-0.4, -0.2) is 28.8 Å². The van der Waals surface area contributed by atoms with E-state index in [-0.39, 0.29) is 5.78 Å². The van der Waals surface area contributed by atoms with Gasteiger partial charge in [-0.15, -0.1) is 0 Å². The zero-order valence-electron chi connectivity index (χ0n) is 16.0. The smallest absolute Gasteiger partial charge is 0.163 e. The van der Waals surface area contributed by atoms with Crippen molar-refractivity contribution >= 4 is 5.78 Å². The number of ketones is 1. The summed E-state index contributed by atoms with van der Waals surface area (Å²) < 4.78 is 6.36. The van der Waals surface area contributed by atoms with Crippen molar-refractivity contribution in [1.82, 2.24) is 9.88 Å². The van der Waals surface area contributed by atoms with Crippen LogP contribution in [0.4, 0.5) is 0 Å². The first-order valence-corrected chi connectivity index (χ1v) is 10.2. The van der Waals surface area contributed by atoms with Crippen LogP contribution in [0.5, 0.6) is 0 Å². The first-order valence-electron chi connectivity index (χ1n) is 10.2. The van der Waals surface area contributed by atoms with Gasteiger partial charge in [-0.2, -0.15) is 0 Å². The number of piperidine rings is 1. The number of aromatic nitrogens is 1. The number of aryl methyl sites for hydroxylation is 1. The standard InChI is InChI=1S/C24H24N2O2/c27-23-7-5-18-14-19(4-6-21(18)23)22-15-20(16-26-12-2-1-3-13-26)28-24(22)17-8-10-25-11-9-17/h4,6,8-11,14-15H,1-3,5,7,12-13,16H2. The highest BCUT2D eigenvalue weighted by Crippen LogP contribution is 2.37. The van der Waals surface area contributed by atoms with Gasteiger partial charge in [0.1, 0.15) is 11.5 Å². The fourth-order valence-corrected chi connectivity index (χ4v) is 4.41. The molecule has 0 radical (unpaired) electrons. The third-order valence-electron chi connectivity index (χ3n) is 5.89. The SMILES string of the molecule is O=C1CCc2cc(-c3cc(CN4CCCCC4)oc3-c3ccncc3)ccc21. The van der Waals surface area contributed by atoms with Crippen LogP contribution in [0, 0.1) is 0 Å². The van der Waals surface area contributed by atoms with Crippen molar-refractivity contribution in [3.05, 3.63) is 65.7 Å². The van der Waals surface area contributed by atoms with Crippen molar-refractivity contribution in [3.63, 3.8) is 0 Å². The topological polar surface area (TPSA) is 46.3 Å². The van der Waals surface area contributed by atoms with E-state index in [0.29, 0.717) is 6.42 Å². The Balaban J connectivity index is 1.54. The lowest BCUT2D eigenvalue weighted by Gasteiger charge is -2.25. The highest BCUT2D eigenvalue weighted by Gasteiger charge is 2.22. The molecule has 0 saturated carbocycles. The van der Waals surface area contributed by atoms with Crippen LogP contribution in [0.2, 0.25) is 0 Å². The molecule has 142 valence electrons. The first-order chi connectivity index (χ1) is 13.8. The van der Waals surface area contributed by atoms with Crippen molar-refractivity contribution in [2.24, 2.45) is 0 Å². The lowest BCUT2D eigenvalue weighted by atomic mass is 9.98. The Morgan fingerprint density at radius 1 is 0.893 bits per heavy atom. The van der Waals surface area contributed by atoms with Crippen LogP contribution in [0.1, 0.15) is 47.4 Å². The van der Waals surface area contributed by atoms with Gasteiger partial charge in [-0.25, -0.2) is 0 Å². The third-order valence-corrected chi connectivity index (χ3v) is 5.89. The molecule has 2 aromatic heterocycles. The Morgan fingerprint density at radius 3 is 2.54 bits per heavy atom. The number of rotatable bonds is 4. The number of furan rings is 1. The number of carbonyl (C=O) groups excluding carboxylic acids is 1. The van der Waals surface area contributed by atoms with Gasteiger partial charge in [-0.05, 0) is 61.7 Å². The van der Waals surface area contributed by atoms with Crippen molar-refractivity contribution in [1.29, 1.82) is 0 Å². The second kappa shape index (κ2) is 7.36. The summed E-state index contributed by atoms with van der Waals surface area (Å²) in [7, 11) is 0. The summed E-state index contributed by atoms with van der Waals surface area (Å²) in [5.41, 5.74) is 5.29. The Bertz CT molecular complexity index is 1000. The lowest BCUT2D eigenvalue weighted by molar-refractivity contribution is 0.0994. The van der Waals surface area contributed by atoms with Gasteiger partial charge in [0.2, 0.25) is 0 Å². The highest BCUT2D eigenvalue weighted by molar-refractivity contribution is 6.01. The molecular weight excluding hydrogens is 348 g/mol. The maximum Gasteiger partial charge on any atom is 0.163 e. The summed E-state index contributed by atoms with van der Waals surface area (Å²) in [6, 6.07) is 12.4. The summed E-state index contributed by atoms with van der Waals surface area (Å²) in [5, 5.41) is 0. The van der Waals surface area contributed by atoms with Crippen LogP contribution in [0.25, 0.3) is 22.5 Å². The van der Waals surface area contributed by atoms with Gasteiger partial charge in [-0.3, -0.25) is 14.7 Å². The molecule has 4 heteroatoms. The number of pyridine rings is 1. The Kier molecular flexibility index (Phi) is 4.57. The van der Waals surface area contributed by atoms with Gasteiger partial charge in [0.05, 0.1) is 6.54 Å². The van der Waals surface area contributed by atoms with Crippen molar-refractivity contribution in [3.8, 4) is 22.5 Å². The van der Waals surface area contributed by atoms with Gasteiger partial charge < -0.3 is 4.42 Å². The van der Waals surface area contributed by atoms with E-state index in [1.54, 1.807) is 12.4 Å². The van der Waals surface area contributed by atoms with Crippen LogP contribution in [-0.2, 0) is 13.0 Å². The van der Waals surface area contributed by atoms with Gasteiger partial charge in [0, 0.05) is 35.5 Å². The maximum atomic E-state index is 12.0. The molecule has 28 heavy (non-hydrogen) atoms. The number of hydrogen-bond donors (Lipinski definition) is 0. The fourth-order valence-electron chi connectivity index (χ4n) is 4.41. The predicted molar refractivity (Wildman–Crippen MR) is 109 cm³/mol. The summed E-state index contributed by atoms with van der Waals surface area (Å²) in [6.07, 6.45) is 8.93. The molecule has 0 unspecified atom stereocenters. The summed E-state index contributed by atoms with van der Waals surface area (Å²) in [5.74, 6) is 2.15. The number of hydrogen-bond acceptors (Lipinski definition) is 4. The molecule has 1 aliphatic heterocycles. The van der Waals surface area contributed by atoms with Gasteiger partial charge >= 0.3 is 0 Å². The second-order valence-corrected chi connectivity index (χ2v) is 7.82. The van der Waals surface area contributed by atoms with E-state index in [9.17, 15) is 4.79 Å². The normalized spacial score (nSPS) is 17.1. The van der Waals surface area contributed by atoms with E-state index in [4.69, 9.17) is 4.42 Å². The van der Waals surface area contributed by atoms with Gasteiger partial charge in [-0.1, -0.05) is 24.6 Å². The number of carbonyl (C=O) groups is 1. The van der Waals surface area contributed by atoms with Gasteiger partial charge in [0.25, 0.3) is 0 Å². The van der Waals surface area contributed by atoms with Crippen LogP contribution >= 0.6 is 0 Å². The molecule has 1 aromatic carbocycles. The van der Waals surface area contributed by atoms with E-state index >= 15 is 0 Å². The van der Waals surface area contributed by atoms with E-state index in [1.807, 2.05) is 18.2 Å². The Hall–Kier alpha value is -2.72. The average Bonchev–Trinajstić information content (AvgIpc) is 3.33. The lowest BCUT2D eigenvalue weighted by Crippen LogP contribution is -2.28. The number of likely N-dealkylation sites (tertiary alicyclic amines) is 1. The molecule has 2 aliphatic rings. The molecule has 3 heterocycles. The first kappa shape index (κ1) is 17.4. The minimum atomic E-state index is 0.258. The molecule has 3 aromatic rings. The molecule has 1 fully saturated rings. The molecule has 0 atom stereocenters. The van der Waals surface area contributed by atoms with Crippen LogP contribution in [0.15, 0.2) is 53.2 Å². The molecule has 0 bridgehead atoms. The summed E-state index contributed by atoms with van der Waals surface area (Å²) in [4.78, 5) is 18.6.